The van der Waals surface area contributed by atoms with Gasteiger partial charge in [0.25, 0.3) is 0 Å². The van der Waals surface area contributed by atoms with Crippen LogP contribution in [0.3, 0.4) is 0 Å². The Hall–Kier alpha value is -1.56. The van der Waals surface area contributed by atoms with Gasteiger partial charge in [-0.25, -0.2) is 4.98 Å². The van der Waals surface area contributed by atoms with Gasteiger partial charge in [0.05, 0.1) is 12.1 Å². The van der Waals surface area contributed by atoms with E-state index in [2.05, 4.69) is 21.5 Å². The Morgan fingerprint density at radius 3 is 3.00 bits per heavy atom. The first-order valence-electron chi connectivity index (χ1n) is 5.54. The molecule has 0 amide bonds. The molecule has 2 aromatic heterocycles. The van der Waals surface area contributed by atoms with Crippen LogP contribution in [0, 0.1) is 6.92 Å². The van der Waals surface area contributed by atoms with Gasteiger partial charge in [0, 0.05) is 18.9 Å². The molecule has 0 saturated heterocycles. The van der Waals surface area contributed by atoms with E-state index in [1.54, 1.807) is 13.1 Å². The van der Waals surface area contributed by atoms with Gasteiger partial charge in [0.2, 0.25) is 0 Å². The molecule has 2 heterocycles. The van der Waals surface area contributed by atoms with Crippen molar-refractivity contribution >= 4 is 17.3 Å². The summed E-state index contributed by atoms with van der Waals surface area (Å²) in [5, 5.41) is 3.85. The van der Waals surface area contributed by atoms with Crippen molar-refractivity contribution < 1.29 is 4.79 Å². The van der Waals surface area contributed by atoms with Gasteiger partial charge in [0.1, 0.15) is 10.7 Å². The number of hydrogen-bond acceptors (Lipinski definition) is 5. The Morgan fingerprint density at radius 2 is 2.35 bits per heavy atom. The maximum Gasteiger partial charge on any atom is 0.183 e. The average Bonchev–Trinajstić information content (AvgIpc) is 2.89. The van der Waals surface area contributed by atoms with E-state index in [9.17, 15) is 4.79 Å². The average molecular weight is 250 g/mol. The molecule has 0 aromatic carbocycles. The minimum Gasteiger partial charge on any atom is -0.335 e. The maximum absolute atomic E-state index is 12.0. The Balaban J connectivity index is 2.13. The van der Waals surface area contributed by atoms with Gasteiger partial charge in [-0.1, -0.05) is 11.4 Å². The smallest absolute Gasteiger partial charge is 0.183 e. The van der Waals surface area contributed by atoms with Crippen molar-refractivity contribution in [3.8, 4) is 0 Å². The van der Waals surface area contributed by atoms with E-state index in [1.807, 2.05) is 10.8 Å². The fourth-order valence-electron chi connectivity index (χ4n) is 1.66. The minimum absolute atomic E-state index is 0.0426. The van der Waals surface area contributed by atoms with Crippen molar-refractivity contribution in [1.82, 2.24) is 19.1 Å². The molecule has 0 aliphatic rings. The molecule has 0 spiro atoms. The summed E-state index contributed by atoms with van der Waals surface area (Å²) in [6.07, 6.45) is 4.98. The Bertz CT molecular complexity index is 517. The number of aryl methyl sites for hydroxylation is 2. The highest BCUT2D eigenvalue weighted by atomic mass is 32.1. The van der Waals surface area contributed by atoms with Crippen LogP contribution in [-0.2, 0) is 13.0 Å². The number of Topliss-reactive ketones (excluding diaryl/α,β-unsaturated/α-hetero) is 1. The van der Waals surface area contributed by atoms with Crippen molar-refractivity contribution in [2.24, 2.45) is 0 Å². The molecular weight excluding hydrogens is 236 g/mol. The van der Waals surface area contributed by atoms with E-state index >= 15 is 0 Å². The molecule has 17 heavy (non-hydrogen) atoms. The van der Waals surface area contributed by atoms with Crippen LogP contribution in [0.1, 0.15) is 34.5 Å². The minimum atomic E-state index is 0.0426. The van der Waals surface area contributed by atoms with Gasteiger partial charge < -0.3 is 4.57 Å². The van der Waals surface area contributed by atoms with Crippen LogP contribution in [0.15, 0.2) is 12.4 Å². The van der Waals surface area contributed by atoms with Crippen LogP contribution in [0.4, 0.5) is 0 Å². The lowest BCUT2D eigenvalue weighted by molar-refractivity contribution is 0.0993. The van der Waals surface area contributed by atoms with Crippen LogP contribution in [0.25, 0.3) is 0 Å². The van der Waals surface area contributed by atoms with Gasteiger partial charge in [-0.3, -0.25) is 4.79 Å². The Labute approximate surface area is 104 Å². The van der Waals surface area contributed by atoms with Crippen LogP contribution in [-0.4, -0.2) is 24.9 Å². The highest BCUT2D eigenvalue weighted by Crippen LogP contribution is 2.13. The molecule has 0 aliphatic carbocycles. The molecule has 0 saturated carbocycles. The summed E-state index contributed by atoms with van der Waals surface area (Å²) in [5.74, 6) is 0.853. The van der Waals surface area contributed by atoms with Crippen molar-refractivity contribution in [3.63, 3.8) is 0 Å². The second-order valence-corrected chi connectivity index (χ2v) is 4.58. The van der Waals surface area contributed by atoms with Crippen LogP contribution < -0.4 is 0 Å². The lowest BCUT2D eigenvalue weighted by atomic mass is 10.2. The molecule has 0 atom stereocenters. The molecule has 0 aliphatic heterocycles. The highest BCUT2D eigenvalue weighted by Gasteiger charge is 2.16. The Morgan fingerprint density at radius 1 is 1.53 bits per heavy atom. The van der Waals surface area contributed by atoms with E-state index in [4.69, 9.17) is 0 Å². The summed E-state index contributed by atoms with van der Waals surface area (Å²) < 4.78 is 5.79. The maximum atomic E-state index is 12.0. The van der Waals surface area contributed by atoms with E-state index in [-0.39, 0.29) is 5.78 Å². The van der Waals surface area contributed by atoms with Crippen molar-refractivity contribution in [1.29, 1.82) is 0 Å². The third-order valence-electron chi connectivity index (χ3n) is 2.49. The molecule has 0 unspecified atom stereocenters. The Kier molecular flexibility index (Phi) is 3.63. The standard InChI is InChI=1S/C11H14N4OS/c1-3-5-15-6-4-12-10(15)7-9(16)11-8(2)13-14-17-11/h4,6H,3,5,7H2,1-2H3. The molecule has 6 heteroatoms. The summed E-state index contributed by atoms with van der Waals surface area (Å²) in [5.41, 5.74) is 0.702. The van der Waals surface area contributed by atoms with Gasteiger partial charge in [0.15, 0.2) is 5.78 Å². The lowest BCUT2D eigenvalue weighted by Crippen LogP contribution is -2.10. The fraction of sp³-hybridized carbons (Fsp3) is 0.455. The van der Waals surface area contributed by atoms with Crippen LogP contribution >= 0.6 is 11.5 Å². The molecular formula is C11H14N4OS. The molecule has 0 N–H and O–H groups in total. The summed E-state index contributed by atoms with van der Waals surface area (Å²) in [4.78, 5) is 16.9. The number of carbonyl (C=O) groups is 1. The number of hydrogen-bond donors (Lipinski definition) is 0. The van der Waals surface area contributed by atoms with Crippen molar-refractivity contribution in [3.05, 3.63) is 28.8 Å². The van der Waals surface area contributed by atoms with E-state index in [1.165, 1.54) is 0 Å². The molecule has 0 bridgehead atoms. The van der Waals surface area contributed by atoms with Crippen LogP contribution in [0.2, 0.25) is 0 Å². The fourth-order valence-corrected chi connectivity index (χ4v) is 2.25. The van der Waals surface area contributed by atoms with Crippen molar-refractivity contribution in [2.45, 2.75) is 33.2 Å². The summed E-state index contributed by atoms with van der Waals surface area (Å²) in [7, 11) is 0. The number of carbonyl (C=O) groups excluding carboxylic acids is 1. The summed E-state index contributed by atoms with van der Waals surface area (Å²) >= 11 is 1.15. The SMILES string of the molecule is CCCn1ccnc1CC(=O)c1snnc1C. The number of imidazole rings is 1. The van der Waals surface area contributed by atoms with E-state index in [0.717, 1.165) is 30.3 Å². The molecule has 90 valence electrons. The first kappa shape index (κ1) is 11.9. The second-order valence-electron chi connectivity index (χ2n) is 3.82. The largest absolute Gasteiger partial charge is 0.335 e. The number of rotatable bonds is 5. The third-order valence-corrected chi connectivity index (χ3v) is 3.36. The lowest BCUT2D eigenvalue weighted by Gasteiger charge is -2.04. The van der Waals surface area contributed by atoms with E-state index in [0.29, 0.717) is 17.0 Å². The predicted molar refractivity (Wildman–Crippen MR) is 65.2 cm³/mol. The first-order chi connectivity index (χ1) is 8.22. The number of aromatic nitrogens is 4. The third kappa shape index (κ3) is 2.58. The second kappa shape index (κ2) is 5.18. The van der Waals surface area contributed by atoms with Gasteiger partial charge in [-0.05, 0) is 24.9 Å². The quantitative estimate of drug-likeness (QED) is 0.760. The summed E-state index contributed by atoms with van der Waals surface area (Å²) in [6.45, 7) is 4.79. The van der Waals surface area contributed by atoms with Crippen LogP contribution in [0.5, 0.6) is 0 Å². The topological polar surface area (TPSA) is 60.7 Å². The van der Waals surface area contributed by atoms with Crippen molar-refractivity contribution in [2.75, 3.05) is 0 Å². The number of ketones is 1. The molecule has 2 rings (SSSR count). The number of nitrogens with zero attached hydrogens (tertiary/aromatic N) is 4. The van der Waals surface area contributed by atoms with Gasteiger partial charge in [-0.2, -0.15) is 0 Å². The van der Waals surface area contributed by atoms with E-state index < -0.39 is 0 Å². The van der Waals surface area contributed by atoms with Gasteiger partial charge in [-0.15, -0.1) is 5.10 Å². The molecule has 0 radical (unpaired) electrons. The zero-order valence-electron chi connectivity index (χ0n) is 9.88. The first-order valence-corrected chi connectivity index (χ1v) is 6.32. The predicted octanol–water partition coefficient (Wildman–Crippen LogP) is 1.88. The van der Waals surface area contributed by atoms with Gasteiger partial charge >= 0.3 is 0 Å². The molecule has 5 nitrogen and oxygen atoms in total. The zero-order valence-corrected chi connectivity index (χ0v) is 10.7. The summed E-state index contributed by atoms with van der Waals surface area (Å²) in [6, 6.07) is 0. The molecule has 2 aromatic rings. The monoisotopic (exact) mass is 250 g/mol. The highest BCUT2D eigenvalue weighted by molar-refractivity contribution is 7.08. The zero-order chi connectivity index (χ0) is 12.3. The normalized spacial score (nSPS) is 10.7. The molecule has 0 fully saturated rings.